The van der Waals surface area contributed by atoms with Crippen molar-refractivity contribution in [1.29, 1.82) is 0 Å². The number of nitrogens with one attached hydrogen (secondary N) is 1. The number of carbonyl (C=O) groups excluding carboxylic acids is 2. The Morgan fingerprint density at radius 3 is 2.50 bits per heavy atom. The molecule has 2 aromatic rings. The molecular weight excluding hydrogens is 353 g/mol. The number of hydrogen-bond donors (Lipinski definition) is 1. The molecule has 0 saturated heterocycles. The molecule has 2 rings (SSSR count). The minimum atomic E-state index is -4.56. The molecule has 0 unspecified atom stereocenters. The highest BCUT2D eigenvalue weighted by Crippen LogP contribution is 2.19. The van der Waals surface area contributed by atoms with Gasteiger partial charge in [0.2, 0.25) is 5.88 Å². The van der Waals surface area contributed by atoms with Crippen molar-refractivity contribution in [2.24, 2.45) is 0 Å². The Labute approximate surface area is 146 Å². The molecule has 0 spiro atoms. The number of alkyl halides is 3. The van der Waals surface area contributed by atoms with Gasteiger partial charge in [0.1, 0.15) is 18.7 Å². The zero-order valence-corrected chi connectivity index (χ0v) is 13.5. The maximum Gasteiger partial charge on any atom is 0.422 e. The Balaban J connectivity index is 1.86. The molecule has 0 bridgehead atoms. The van der Waals surface area contributed by atoms with Gasteiger partial charge in [0.05, 0.1) is 0 Å². The standard InChI is InChI=1S/C17H15F3N2O4/c18-17(19,20)11-26-16-13(7-4-8-21-16)15(24)22-9-14(23)25-10-12-5-2-1-3-6-12/h1-8H,9-11H2,(H,22,24). The second-order valence-electron chi connectivity index (χ2n) is 5.09. The van der Waals surface area contributed by atoms with Crippen LogP contribution in [0.15, 0.2) is 48.7 Å². The number of benzene rings is 1. The van der Waals surface area contributed by atoms with Crippen molar-refractivity contribution in [1.82, 2.24) is 10.3 Å². The van der Waals surface area contributed by atoms with Crippen LogP contribution in [0.2, 0.25) is 0 Å². The Morgan fingerprint density at radius 1 is 1.08 bits per heavy atom. The maximum absolute atomic E-state index is 12.2. The molecule has 9 heteroatoms. The summed E-state index contributed by atoms with van der Waals surface area (Å²) in [5.74, 6) is -1.96. The third-order valence-corrected chi connectivity index (χ3v) is 3.02. The predicted octanol–water partition coefficient (Wildman–Crippen LogP) is 2.50. The number of pyridine rings is 1. The average Bonchev–Trinajstić information content (AvgIpc) is 2.63. The van der Waals surface area contributed by atoms with Gasteiger partial charge in [-0.1, -0.05) is 30.3 Å². The van der Waals surface area contributed by atoms with Crippen molar-refractivity contribution in [2.45, 2.75) is 12.8 Å². The number of amides is 1. The lowest BCUT2D eigenvalue weighted by molar-refractivity contribution is -0.154. The van der Waals surface area contributed by atoms with Crippen LogP contribution in [0.3, 0.4) is 0 Å². The molecule has 0 radical (unpaired) electrons. The molecule has 0 fully saturated rings. The van der Waals surface area contributed by atoms with Gasteiger partial charge in [-0.25, -0.2) is 4.98 Å². The monoisotopic (exact) mass is 368 g/mol. The van der Waals surface area contributed by atoms with Crippen LogP contribution in [0.25, 0.3) is 0 Å². The van der Waals surface area contributed by atoms with Gasteiger partial charge < -0.3 is 14.8 Å². The lowest BCUT2D eigenvalue weighted by Gasteiger charge is -2.12. The number of esters is 1. The molecule has 1 N–H and O–H groups in total. The van der Waals surface area contributed by atoms with E-state index in [0.717, 1.165) is 5.56 Å². The second-order valence-corrected chi connectivity index (χ2v) is 5.09. The summed E-state index contributed by atoms with van der Waals surface area (Å²) < 4.78 is 46.2. The lowest BCUT2D eigenvalue weighted by Crippen LogP contribution is -2.31. The van der Waals surface area contributed by atoms with Gasteiger partial charge in [-0.2, -0.15) is 13.2 Å². The summed E-state index contributed by atoms with van der Waals surface area (Å²) >= 11 is 0. The first-order valence-electron chi connectivity index (χ1n) is 7.47. The quantitative estimate of drug-likeness (QED) is 0.760. The Morgan fingerprint density at radius 2 is 1.81 bits per heavy atom. The maximum atomic E-state index is 12.2. The summed E-state index contributed by atoms with van der Waals surface area (Å²) in [6, 6.07) is 11.5. The first-order valence-corrected chi connectivity index (χ1v) is 7.47. The topological polar surface area (TPSA) is 77.5 Å². The number of aromatic nitrogens is 1. The van der Waals surface area contributed by atoms with E-state index in [4.69, 9.17) is 4.74 Å². The summed E-state index contributed by atoms with van der Waals surface area (Å²) in [6.07, 6.45) is -3.37. The summed E-state index contributed by atoms with van der Waals surface area (Å²) in [5.41, 5.74) is 0.565. The number of halogens is 3. The van der Waals surface area contributed by atoms with Crippen molar-refractivity contribution in [3.8, 4) is 5.88 Å². The molecule has 138 valence electrons. The zero-order valence-electron chi connectivity index (χ0n) is 13.5. The Hall–Kier alpha value is -3.10. The van der Waals surface area contributed by atoms with Gasteiger partial charge in [0, 0.05) is 6.20 Å². The fraction of sp³-hybridized carbons (Fsp3) is 0.235. The highest BCUT2D eigenvalue weighted by atomic mass is 19.4. The minimum absolute atomic E-state index is 0.0440. The van der Waals surface area contributed by atoms with Crippen molar-refractivity contribution in [3.63, 3.8) is 0 Å². The van der Waals surface area contributed by atoms with Crippen molar-refractivity contribution in [3.05, 3.63) is 59.8 Å². The van der Waals surface area contributed by atoms with E-state index in [-0.39, 0.29) is 12.2 Å². The SMILES string of the molecule is O=C(CNC(=O)c1cccnc1OCC(F)(F)F)OCc1ccccc1. The van der Waals surface area contributed by atoms with E-state index in [1.165, 1.54) is 18.3 Å². The molecule has 0 aliphatic carbocycles. The molecule has 1 aromatic heterocycles. The molecule has 0 saturated carbocycles. The normalized spacial score (nSPS) is 10.9. The number of carbonyl (C=O) groups is 2. The van der Waals surface area contributed by atoms with Gasteiger partial charge in [0.25, 0.3) is 5.91 Å². The van der Waals surface area contributed by atoms with Crippen molar-refractivity contribution in [2.75, 3.05) is 13.2 Å². The van der Waals surface area contributed by atoms with Crippen LogP contribution in [0.5, 0.6) is 5.88 Å². The van der Waals surface area contributed by atoms with Crippen LogP contribution in [0.4, 0.5) is 13.2 Å². The van der Waals surface area contributed by atoms with E-state index in [1.807, 2.05) is 6.07 Å². The highest BCUT2D eigenvalue weighted by Gasteiger charge is 2.29. The molecule has 0 aliphatic rings. The van der Waals surface area contributed by atoms with E-state index in [1.54, 1.807) is 24.3 Å². The number of nitrogens with zero attached hydrogens (tertiary/aromatic N) is 1. The average molecular weight is 368 g/mol. The van der Waals surface area contributed by atoms with Crippen LogP contribution in [0.1, 0.15) is 15.9 Å². The molecule has 6 nitrogen and oxygen atoms in total. The van der Waals surface area contributed by atoms with E-state index < -0.39 is 37.1 Å². The van der Waals surface area contributed by atoms with Crippen LogP contribution >= 0.6 is 0 Å². The molecule has 1 aromatic carbocycles. The molecule has 0 aliphatic heterocycles. The predicted molar refractivity (Wildman–Crippen MR) is 84.4 cm³/mol. The van der Waals surface area contributed by atoms with Gasteiger partial charge in [-0.15, -0.1) is 0 Å². The van der Waals surface area contributed by atoms with E-state index in [0.29, 0.717) is 0 Å². The summed E-state index contributed by atoms with van der Waals surface area (Å²) in [5, 5.41) is 2.26. The van der Waals surface area contributed by atoms with Crippen LogP contribution in [-0.2, 0) is 16.1 Å². The Kier molecular flexibility index (Phi) is 6.54. The van der Waals surface area contributed by atoms with Crippen LogP contribution in [-0.4, -0.2) is 36.2 Å². The van der Waals surface area contributed by atoms with Crippen LogP contribution < -0.4 is 10.1 Å². The summed E-state index contributed by atoms with van der Waals surface area (Å²) in [7, 11) is 0. The van der Waals surface area contributed by atoms with Crippen LogP contribution in [0, 0.1) is 0 Å². The first-order chi connectivity index (χ1) is 12.3. The van der Waals surface area contributed by atoms with E-state index in [9.17, 15) is 22.8 Å². The smallest absolute Gasteiger partial charge is 0.422 e. The van der Waals surface area contributed by atoms with E-state index in [2.05, 4.69) is 15.0 Å². The fourth-order valence-electron chi connectivity index (χ4n) is 1.87. The van der Waals surface area contributed by atoms with Gasteiger partial charge in [0.15, 0.2) is 6.61 Å². The van der Waals surface area contributed by atoms with Crippen molar-refractivity contribution >= 4 is 11.9 Å². The van der Waals surface area contributed by atoms with Crippen molar-refractivity contribution < 1.29 is 32.2 Å². The number of ether oxygens (including phenoxy) is 2. The summed E-state index contributed by atoms with van der Waals surface area (Å²) in [6.45, 7) is -1.98. The van der Waals surface area contributed by atoms with Gasteiger partial charge in [-0.05, 0) is 17.7 Å². The molecule has 26 heavy (non-hydrogen) atoms. The third kappa shape index (κ3) is 6.42. The van der Waals surface area contributed by atoms with E-state index >= 15 is 0 Å². The summed E-state index contributed by atoms with van der Waals surface area (Å²) in [4.78, 5) is 27.3. The second kappa shape index (κ2) is 8.84. The third-order valence-electron chi connectivity index (χ3n) is 3.02. The fourth-order valence-corrected chi connectivity index (χ4v) is 1.87. The highest BCUT2D eigenvalue weighted by molar-refractivity contribution is 5.97. The number of rotatable bonds is 7. The number of hydrogen-bond acceptors (Lipinski definition) is 5. The minimum Gasteiger partial charge on any atom is -0.467 e. The molecule has 1 heterocycles. The molecule has 1 amide bonds. The van der Waals surface area contributed by atoms with Gasteiger partial charge in [-0.3, -0.25) is 9.59 Å². The van der Waals surface area contributed by atoms with Gasteiger partial charge >= 0.3 is 12.1 Å². The largest absolute Gasteiger partial charge is 0.467 e. The lowest BCUT2D eigenvalue weighted by atomic mass is 10.2. The zero-order chi connectivity index (χ0) is 19.0. The first kappa shape index (κ1) is 19.2. The Bertz CT molecular complexity index is 751. The molecular formula is C17H15F3N2O4. The molecule has 0 atom stereocenters.